The third kappa shape index (κ3) is 6.27. The Balaban J connectivity index is 2.33. The molecule has 19 heavy (non-hydrogen) atoms. The van der Waals surface area contributed by atoms with Crippen LogP contribution in [0.15, 0.2) is 22.7 Å². The molecular weight excluding hydrogens is 334 g/mol. The second kappa shape index (κ2) is 8.40. The van der Waals surface area contributed by atoms with Crippen molar-refractivity contribution < 1.29 is 14.6 Å². The predicted octanol–water partition coefficient (Wildman–Crippen LogP) is 2.62. The van der Waals surface area contributed by atoms with Crippen LogP contribution >= 0.6 is 27.5 Å². The van der Waals surface area contributed by atoms with Crippen molar-refractivity contribution in [3.8, 4) is 5.75 Å². The molecule has 0 saturated carbocycles. The Morgan fingerprint density at radius 3 is 2.95 bits per heavy atom. The van der Waals surface area contributed by atoms with Crippen LogP contribution < -0.4 is 10.1 Å². The lowest BCUT2D eigenvalue weighted by Gasteiger charge is -2.12. The van der Waals surface area contributed by atoms with Crippen LogP contribution in [-0.2, 0) is 4.79 Å². The Bertz CT molecular complexity index is 428. The monoisotopic (exact) mass is 349 g/mol. The van der Waals surface area contributed by atoms with Crippen LogP contribution in [0, 0.1) is 5.92 Å². The van der Waals surface area contributed by atoms with Gasteiger partial charge in [0.2, 0.25) is 0 Å². The molecule has 0 heterocycles. The Morgan fingerprint density at radius 1 is 1.58 bits per heavy atom. The first-order valence-electron chi connectivity index (χ1n) is 5.98. The molecule has 1 atom stereocenters. The van der Waals surface area contributed by atoms with Crippen LogP contribution in [0.25, 0.3) is 0 Å². The number of carbonyl (C=O) groups excluding carboxylic acids is 1. The summed E-state index contributed by atoms with van der Waals surface area (Å²) >= 11 is 9.12. The van der Waals surface area contributed by atoms with E-state index in [2.05, 4.69) is 21.2 Å². The molecule has 0 bridgehead atoms. The summed E-state index contributed by atoms with van der Waals surface area (Å²) in [5.41, 5.74) is 0. The van der Waals surface area contributed by atoms with Crippen molar-refractivity contribution in [3.05, 3.63) is 27.7 Å². The van der Waals surface area contributed by atoms with Gasteiger partial charge < -0.3 is 15.2 Å². The molecule has 1 aromatic rings. The minimum absolute atomic E-state index is 0.0495. The van der Waals surface area contributed by atoms with Gasteiger partial charge in [0.15, 0.2) is 6.61 Å². The number of rotatable bonds is 7. The van der Waals surface area contributed by atoms with E-state index in [1.807, 2.05) is 6.92 Å². The lowest BCUT2D eigenvalue weighted by atomic mass is 10.1. The highest BCUT2D eigenvalue weighted by Crippen LogP contribution is 2.27. The molecule has 106 valence electrons. The van der Waals surface area contributed by atoms with Gasteiger partial charge in [-0.15, -0.1) is 0 Å². The standard InChI is InChI=1S/C13H17BrClNO3/c1-9(4-5-17)7-16-13(18)8-19-12-3-2-10(15)6-11(12)14/h2-3,6,9,17H,4-5,7-8H2,1H3,(H,16,18). The van der Waals surface area contributed by atoms with Gasteiger partial charge in [0.1, 0.15) is 5.75 Å². The van der Waals surface area contributed by atoms with E-state index in [-0.39, 0.29) is 25.0 Å². The Labute approximate surface area is 126 Å². The highest BCUT2D eigenvalue weighted by molar-refractivity contribution is 9.10. The normalized spacial score (nSPS) is 12.0. The highest BCUT2D eigenvalue weighted by Gasteiger charge is 2.07. The van der Waals surface area contributed by atoms with E-state index in [4.69, 9.17) is 21.4 Å². The SMILES string of the molecule is CC(CCO)CNC(=O)COc1ccc(Cl)cc1Br. The average molecular weight is 351 g/mol. The zero-order valence-electron chi connectivity index (χ0n) is 10.7. The summed E-state index contributed by atoms with van der Waals surface area (Å²) in [5.74, 6) is 0.630. The van der Waals surface area contributed by atoms with Crippen molar-refractivity contribution in [1.82, 2.24) is 5.32 Å². The zero-order chi connectivity index (χ0) is 14.3. The van der Waals surface area contributed by atoms with Gasteiger partial charge in [-0.2, -0.15) is 0 Å². The van der Waals surface area contributed by atoms with Crippen molar-refractivity contribution in [3.63, 3.8) is 0 Å². The number of hydrogen-bond donors (Lipinski definition) is 2. The number of amides is 1. The minimum atomic E-state index is -0.188. The molecule has 6 heteroatoms. The summed E-state index contributed by atoms with van der Waals surface area (Å²) in [4.78, 5) is 11.6. The first-order chi connectivity index (χ1) is 9.02. The van der Waals surface area contributed by atoms with Gasteiger partial charge in [-0.1, -0.05) is 18.5 Å². The third-order valence-electron chi connectivity index (χ3n) is 2.52. The van der Waals surface area contributed by atoms with E-state index < -0.39 is 0 Å². The number of nitrogens with one attached hydrogen (secondary N) is 1. The van der Waals surface area contributed by atoms with Crippen LogP contribution in [0.4, 0.5) is 0 Å². The second-order valence-electron chi connectivity index (χ2n) is 4.28. The number of aliphatic hydroxyl groups is 1. The van der Waals surface area contributed by atoms with Crippen molar-refractivity contribution in [2.75, 3.05) is 19.8 Å². The van der Waals surface area contributed by atoms with Gasteiger partial charge in [0.25, 0.3) is 5.91 Å². The molecule has 0 aliphatic carbocycles. The predicted molar refractivity (Wildman–Crippen MR) is 78.5 cm³/mol. The fourth-order valence-electron chi connectivity index (χ4n) is 1.40. The Hall–Kier alpha value is -0.780. The summed E-state index contributed by atoms with van der Waals surface area (Å²) in [6.45, 7) is 2.58. The zero-order valence-corrected chi connectivity index (χ0v) is 13.0. The number of hydrogen-bond acceptors (Lipinski definition) is 3. The van der Waals surface area contributed by atoms with E-state index in [0.29, 0.717) is 28.2 Å². The second-order valence-corrected chi connectivity index (χ2v) is 5.58. The van der Waals surface area contributed by atoms with Gasteiger partial charge in [-0.25, -0.2) is 0 Å². The number of ether oxygens (including phenoxy) is 1. The molecule has 0 aromatic heterocycles. The number of benzene rings is 1. The van der Waals surface area contributed by atoms with Gasteiger partial charge in [-0.3, -0.25) is 4.79 Å². The average Bonchev–Trinajstić information content (AvgIpc) is 2.35. The van der Waals surface area contributed by atoms with Crippen molar-refractivity contribution in [1.29, 1.82) is 0 Å². The third-order valence-corrected chi connectivity index (χ3v) is 3.38. The molecule has 0 fully saturated rings. The van der Waals surface area contributed by atoms with Crippen molar-refractivity contribution in [2.45, 2.75) is 13.3 Å². The van der Waals surface area contributed by atoms with Crippen LogP contribution in [0.5, 0.6) is 5.75 Å². The summed E-state index contributed by atoms with van der Waals surface area (Å²) in [5, 5.41) is 12.1. The topological polar surface area (TPSA) is 58.6 Å². The molecule has 1 aromatic carbocycles. The summed E-state index contributed by atoms with van der Waals surface area (Å²) in [6.07, 6.45) is 0.671. The Morgan fingerprint density at radius 2 is 2.32 bits per heavy atom. The largest absolute Gasteiger partial charge is 0.483 e. The molecule has 1 amide bonds. The molecule has 0 aliphatic heterocycles. The fraction of sp³-hybridized carbons (Fsp3) is 0.462. The maximum atomic E-state index is 11.6. The number of aliphatic hydroxyl groups excluding tert-OH is 1. The fourth-order valence-corrected chi connectivity index (χ4v) is 2.19. The summed E-state index contributed by atoms with van der Waals surface area (Å²) < 4.78 is 6.09. The Kier molecular flexibility index (Phi) is 7.20. The van der Waals surface area contributed by atoms with Crippen molar-refractivity contribution in [2.24, 2.45) is 5.92 Å². The number of halogens is 2. The molecule has 0 spiro atoms. The summed E-state index contributed by atoms with van der Waals surface area (Å²) in [7, 11) is 0. The van der Waals surface area contributed by atoms with Gasteiger partial charge in [0, 0.05) is 18.2 Å². The van der Waals surface area contributed by atoms with Gasteiger partial charge in [-0.05, 0) is 46.5 Å². The molecule has 0 radical (unpaired) electrons. The molecule has 0 saturated heterocycles. The van der Waals surface area contributed by atoms with Crippen LogP contribution in [0.2, 0.25) is 5.02 Å². The van der Waals surface area contributed by atoms with E-state index in [9.17, 15) is 4.79 Å². The van der Waals surface area contributed by atoms with E-state index >= 15 is 0 Å². The van der Waals surface area contributed by atoms with E-state index in [0.717, 1.165) is 0 Å². The first kappa shape index (κ1) is 16.3. The minimum Gasteiger partial charge on any atom is -0.483 e. The van der Waals surface area contributed by atoms with Crippen LogP contribution in [-0.4, -0.2) is 30.8 Å². The molecule has 0 aliphatic rings. The van der Waals surface area contributed by atoms with E-state index in [1.54, 1.807) is 18.2 Å². The smallest absolute Gasteiger partial charge is 0.257 e. The number of carbonyl (C=O) groups is 1. The van der Waals surface area contributed by atoms with Crippen LogP contribution in [0.3, 0.4) is 0 Å². The van der Waals surface area contributed by atoms with E-state index in [1.165, 1.54) is 0 Å². The molecular formula is C13H17BrClNO3. The van der Waals surface area contributed by atoms with Gasteiger partial charge in [0.05, 0.1) is 4.47 Å². The quantitative estimate of drug-likeness (QED) is 0.795. The molecule has 1 rings (SSSR count). The maximum absolute atomic E-state index is 11.6. The lowest BCUT2D eigenvalue weighted by molar-refractivity contribution is -0.123. The first-order valence-corrected chi connectivity index (χ1v) is 7.15. The highest BCUT2D eigenvalue weighted by atomic mass is 79.9. The maximum Gasteiger partial charge on any atom is 0.257 e. The van der Waals surface area contributed by atoms with Gasteiger partial charge >= 0.3 is 0 Å². The lowest BCUT2D eigenvalue weighted by Crippen LogP contribution is -2.32. The van der Waals surface area contributed by atoms with Crippen molar-refractivity contribution >= 4 is 33.4 Å². The van der Waals surface area contributed by atoms with Crippen LogP contribution in [0.1, 0.15) is 13.3 Å². The summed E-state index contributed by atoms with van der Waals surface area (Å²) in [6, 6.07) is 5.11. The molecule has 1 unspecified atom stereocenters. The molecule has 2 N–H and O–H groups in total. The molecule has 4 nitrogen and oxygen atoms in total.